The molecule has 28 heavy (non-hydrogen) atoms. The summed E-state index contributed by atoms with van der Waals surface area (Å²) in [6.45, 7) is -0.248. The van der Waals surface area contributed by atoms with E-state index in [4.69, 9.17) is 0 Å². The summed E-state index contributed by atoms with van der Waals surface area (Å²) in [7, 11) is 0. The van der Waals surface area contributed by atoms with E-state index >= 15 is 0 Å². The molecule has 2 N–H and O–H groups in total. The number of benzene rings is 2. The lowest BCUT2D eigenvalue weighted by Gasteiger charge is -2.24. The molecule has 5 rings (SSSR count). The van der Waals surface area contributed by atoms with Crippen molar-refractivity contribution in [3.8, 4) is 0 Å². The second-order valence-electron chi connectivity index (χ2n) is 7.38. The molecule has 3 amide bonds. The van der Waals surface area contributed by atoms with Crippen molar-refractivity contribution in [1.82, 2.24) is 15.2 Å². The molecule has 1 unspecified atom stereocenters. The highest BCUT2D eigenvalue weighted by Crippen LogP contribution is 2.29. The summed E-state index contributed by atoms with van der Waals surface area (Å²) < 4.78 is 0. The molecule has 0 fully saturated rings. The van der Waals surface area contributed by atoms with E-state index in [1.165, 1.54) is 10.9 Å². The number of aryl methyl sites for hydroxylation is 1. The van der Waals surface area contributed by atoms with Gasteiger partial charge in [0, 0.05) is 29.1 Å². The Morgan fingerprint density at radius 3 is 2.46 bits per heavy atom. The van der Waals surface area contributed by atoms with Crippen molar-refractivity contribution in [3.05, 3.63) is 70.9 Å². The van der Waals surface area contributed by atoms with E-state index in [2.05, 4.69) is 22.4 Å². The summed E-state index contributed by atoms with van der Waals surface area (Å²) in [4.78, 5) is 41.8. The average Bonchev–Trinajstić information content (AvgIpc) is 3.19. The average molecular weight is 373 g/mol. The van der Waals surface area contributed by atoms with Crippen molar-refractivity contribution in [1.29, 1.82) is 0 Å². The first-order valence-corrected chi connectivity index (χ1v) is 9.45. The van der Waals surface area contributed by atoms with Crippen LogP contribution in [-0.2, 0) is 17.6 Å². The molecule has 2 aliphatic rings. The van der Waals surface area contributed by atoms with Gasteiger partial charge >= 0.3 is 0 Å². The topological polar surface area (TPSA) is 82.3 Å². The number of para-hydroxylation sites is 1. The smallest absolute Gasteiger partial charge is 0.262 e. The van der Waals surface area contributed by atoms with Crippen molar-refractivity contribution in [2.45, 2.75) is 25.3 Å². The number of H-pyrrole nitrogens is 1. The van der Waals surface area contributed by atoms with Gasteiger partial charge in [-0.3, -0.25) is 19.3 Å². The Labute approximate surface area is 161 Å². The number of aromatic amines is 1. The Hall–Kier alpha value is -3.41. The van der Waals surface area contributed by atoms with Crippen LogP contribution in [0.1, 0.15) is 38.4 Å². The number of nitrogens with one attached hydrogen (secondary N) is 2. The minimum Gasteiger partial charge on any atom is -0.358 e. The van der Waals surface area contributed by atoms with E-state index in [9.17, 15) is 14.4 Å². The van der Waals surface area contributed by atoms with Crippen molar-refractivity contribution in [3.63, 3.8) is 0 Å². The summed E-state index contributed by atoms with van der Waals surface area (Å²) in [6.07, 6.45) is 2.44. The molecule has 6 heteroatoms. The molecule has 6 nitrogen and oxygen atoms in total. The standard InChI is InChI=1S/C22H19N3O3/c26-20(12-25-21(27)16-6-1-2-7-17(16)22(25)28)23-13-9-10-15-14-5-3-4-8-18(14)24-19(15)11-13/h1-8,13,24H,9-12H2,(H,23,26). The van der Waals surface area contributed by atoms with Crippen LogP contribution in [0.5, 0.6) is 0 Å². The minimum absolute atomic E-state index is 0.0109. The third-order valence-electron chi connectivity index (χ3n) is 5.64. The zero-order valence-electron chi connectivity index (χ0n) is 15.2. The van der Waals surface area contributed by atoms with Gasteiger partial charge in [0.1, 0.15) is 6.54 Å². The normalized spacial score (nSPS) is 18.3. The predicted molar refractivity (Wildman–Crippen MR) is 104 cm³/mol. The van der Waals surface area contributed by atoms with Crippen LogP contribution in [0.2, 0.25) is 0 Å². The molecule has 3 aromatic rings. The first kappa shape index (κ1) is 16.7. The molecular weight excluding hydrogens is 354 g/mol. The minimum atomic E-state index is -0.405. The molecule has 2 heterocycles. The number of carbonyl (C=O) groups is 3. The summed E-state index contributed by atoms with van der Waals surface area (Å²) >= 11 is 0. The van der Waals surface area contributed by atoms with Gasteiger partial charge in [0.25, 0.3) is 11.8 Å². The van der Waals surface area contributed by atoms with Gasteiger partial charge < -0.3 is 10.3 Å². The second-order valence-corrected chi connectivity index (χ2v) is 7.38. The number of rotatable bonds is 3. The van der Waals surface area contributed by atoms with Crippen LogP contribution in [0.25, 0.3) is 10.9 Å². The number of imide groups is 1. The Morgan fingerprint density at radius 1 is 1.04 bits per heavy atom. The Kier molecular flexibility index (Phi) is 3.79. The Morgan fingerprint density at radius 2 is 1.71 bits per heavy atom. The Bertz CT molecular complexity index is 1100. The SMILES string of the molecule is O=C(CN1C(=O)c2ccccc2C1=O)NC1CCc2c([nH]c3ccccc23)C1. The highest BCUT2D eigenvalue weighted by Gasteiger charge is 2.36. The fourth-order valence-corrected chi connectivity index (χ4v) is 4.31. The molecule has 1 atom stereocenters. The lowest BCUT2D eigenvalue weighted by atomic mass is 9.92. The first-order valence-electron chi connectivity index (χ1n) is 9.45. The molecule has 0 spiro atoms. The maximum Gasteiger partial charge on any atom is 0.262 e. The number of aromatic nitrogens is 1. The van der Waals surface area contributed by atoms with E-state index in [1.54, 1.807) is 24.3 Å². The fourth-order valence-electron chi connectivity index (χ4n) is 4.31. The molecule has 140 valence electrons. The van der Waals surface area contributed by atoms with E-state index in [-0.39, 0.29) is 18.5 Å². The van der Waals surface area contributed by atoms with Gasteiger partial charge in [-0.15, -0.1) is 0 Å². The third kappa shape index (κ3) is 2.60. The van der Waals surface area contributed by atoms with Gasteiger partial charge in [0.15, 0.2) is 0 Å². The molecule has 1 aliphatic heterocycles. The molecule has 0 saturated heterocycles. The van der Waals surface area contributed by atoms with Crippen molar-refractivity contribution in [2.75, 3.05) is 6.54 Å². The molecule has 1 aromatic heterocycles. The highest BCUT2D eigenvalue weighted by atomic mass is 16.2. The van der Waals surface area contributed by atoms with E-state index in [1.807, 2.05) is 12.1 Å². The Balaban J connectivity index is 1.27. The maximum atomic E-state index is 12.5. The molecular formula is C22H19N3O3. The molecule has 2 aromatic carbocycles. The summed E-state index contributed by atoms with van der Waals surface area (Å²) in [5.74, 6) is -1.12. The zero-order chi connectivity index (χ0) is 19.3. The van der Waals surface area contributed by atoms with Crippen LogP contribution in [-0.4, -0.2) is 40.2 Å². The number of hydrogen-bond acceptors (Lipinski definition) is 3. The fraction of sp³-hybridized carbons (Fsp3) is 0.227. The monoisotopic (exact) mass is 373 g/mol. The number of fused-ring (bicyclic) bond motifs is 4. The van der Waals surface area contributed by atoms with E-state index < -0.39 is 11.8 Å². The molecule has 0 saturated carbocycles. The van der Waals surface area contributed by atoms with Crippen LogP contribution >= 0.6 is 0 Å². The van der Waals surface area contributed by atoms with Gasteiger partial charge in [-0.2, -0.15) is 0 Å². The van der Waals surface area contributed by atoms with Gasteiger partial charge in [-0.05, 0) is 36.6 Å². The van der Waals surface area contributed by atoms with Crippen LogP contribution < -0.4 is 5.32 Å². The van der Waals surface area contributed by atoms with Crippen molar-refractivity contribution in [2.24, 2.45) is 0 Å². The molecule has 0 bridgehead atoms. The van der Waals surface area contributed by atoms with Crippen molar-refractivity contribution >= 4 is 28.6 Å². The molecule has 0 radical (unpaired) electrons. The lowest BCUT2D eigenvalue weighted by molar-refractivity contribution is -0.122. The zero-order valence-corrected chi connectivity index (χ0v) is 15.2. The van der Waals surface area contributed by atoms with Crippen LogP contribution in [0.15, 0.2) is 48.5 Å². The quantitative estimate of drug-likeness (QED) is 0.692. The number of hydrogen-bond donors (Lipinski definition) is 2. The predicted octanol–water partition coefficient (Wildman–Crippen LogP) is 2.44. The van der Waals surface area contributed by atoms with Crippen LogP contribution in [0.4, 0.5) is 0 Å². The summed E-state index contributed by atoms with van der Waals surface area (Å²) in [5.41, 5.74) is 4.31. The van der Waals surface area contributed by atoms with Gasteiger partial charge in [0.2, 0.25) is 5.91 Å². The van der Waals surface area contributed by atoms with Gasteiger partial charge in [0.05, 0.1) is 11.1 Å². The largest absolute Gasteiger partial charge is 0.358 e. The number of carbonyl (C=O) groups excluding carboxylic acids is 3. The van der Waals surface area contributed by atoms with Crippen LogP contribution in [0.3, 0.4) is 0 Å². The second kappa shape index (κ2) is 6.34. The number of amides is 3. The highest BCUT2D eigenvalue weighted by molar-refractivity contribution is 6.22. The van der Waals surface area contributed by atoms with E-state index in [0.717, 1.165) is 35.4 Å². The summed E-state index contributed by atoms with van der Waals surface area (Å²) in [5, 5.41) is 4.24. The lowest BCUT2D eigenvalue weighted by Crippen LogP contribution is -2.45. The summed E-state index contributed by atoms with van der Waals surface area (Å²) in [6, 6.07) is 14.9. The van der Waals surface area contributed by atoms with Gasteiger partial charge in [-0.25, -0.2) is 0 Å². The van der Waals surface area contributed by atoms with Gasteiger partial charge in [-0.1, -0.05) is 30.3 Å². The van der Waals surface area contributed by atoms with E-state index in [0.29, 0.717) is 11.1 Å². The maximum absolute atomic E-state index is 12.5. The molecule has 1 aliphatic carbocycles. The third-order valence-corrected chi connectivity index (χ3v) is 5.64. The van der Waals surface area contributed by atoms with Crippen LogP contribution in [0, 0.1) is 0 Å². The number of nitrogens with zero attached hydrogens (tertiary/aromatic N) is 1. The van der Waals surface area contributed by atoms with Crippen molar-refractivity contribution < 1.29 is 14.4 Å². The first-order chi connectivity index (χ1) is 13.6.